The number of hydrogen-bond donors (Lipinski definition) is 1. The van der Waals surface area contributed by atoms with E-state index in [0.29, 0.717) is 17.3 Å². The van der Waals surface area contributed by atoms with Crippen molar-refractivity contribution in [2.24, 2.45) is 0 Å². The highest BCUT2D eigenvalue weighted by Gasteiger charge is 2.18. The van der Waals surface area contributed by atoms with E-state index in [1.807, 2.05) is 25.1 Å². The number of nitrogens with zero attached hydrogens (tertiary/aromatic N) is 3. The summed E-state index contributed by atoms with van der Waals surface area (Å²) in [7, 11) is 0. The van der Waals surface area contributed by atoms with Crippen molar-refractivity contribution in [2.45, 2.75) is 25.9 Å². The number of hydrogen-bond acceptors (Lipinski definition) is 6. The molecule has 0 saturated carbocycles. The molecule has 0 aliphatic carbocycles. The molecule has 2 atom stereocenters. The van der Waals surface area contributed by atoms with Crippen LogP contribution in [0.2, 0.25) is 0 Å². The molecule has 3 rings (SSSR count). The molecule has 1 N–H and O–H groups in total. The Morgan fingerprint density at radius 3 is 2.32 bits per heavy atom. The Morgan fingerprint density at radius 1 is 1.00 bits per heavy atom. The second-order valence-corrected chi connectivity index (χ2v) is 5.77. The third kappa shape index (κ3) is 3.89. The minimum atomic E-state index is -0.444. The summed E-state index contributed by atoms with van der Waals surface area (Å²) < 4.78 is 5.71. The van der Waals surface area contributed by atoms with Gasteiger partial charge in [-0.15, -0.1) is 10.2 Å². The normalized spacial score (nSPS) is 13.4. The summed E-state index contributed by atoms with van der Waals surface area (Å²) in [6.45, 7) is 4.02. The van der Waals surface area contributed by atoms with E-state index >= 15 is 0 Å². The van der Waals surface area contributed by atoms with Crippen LogP contribution in [0.1, 0.15) is 37.4 Å². The van der Waals surface area contributed by atoms with Crippen molar-refractivity contribution in [3.05, 3.63) is 76.2 Å². The van der Waals surface area contributed by atoms with Gasteiger partial charge in [0.1, 0.15) is 0 Å². The number of benzene rings is 2. The van der Waals surface area contributed by atoms with Crippen LogP contribution in [0, 0.1) is 10.1 Å². The van der Waals surface area contributed by atoms with E-state index in [1.54, 1.807) is 12.1 Å². The highest BCUT2D eigenvalue weighted by Crippen LogP contribution is 2.24. The highest BCUT2D eigenvalue weighted by atomic mass is 16.6. The molecular weight excluding hydrogens is 320 g/mol. The van der Waals surface area contributed by atoms with Crippen LogP contribution < -0.4 is 5.32 Å². The molecule has 1 aromatic heterocycles. The lowest BCUT2D eigenvalue weighted by Crippen LogP contribution is -2.22. The van der Waals surface area contributed by atoms with Gasteiger partial charge < -0.3 is 4.42 Å². The fourth-order valence-corrected chi connectivity index (χ4v) is 2.54. The van der Waals surface area contributed by atoms with Gasteiger partial charge in [0.05, 0.1) is 11.0 Å². The smallest absolute Gasteiger partial charge is 0.269 e. The molecular formula is C18H18N4O3. The van der Waals surface area contributed by atoms with E-state index < -0.39 is 4.92 Å². The Hall–Kier alpha value is -3.06. The van der Waals surface area contributed by atoms with Gasteiger partial charge in [0.2, 0.25) is 11.8 Å². The molecule has 0 aliphatic heterocycles. The zero-order valence-corrected chi connectivity index (χ0v) is 13.9. The summed E-state index contributed by atoms with van der Waals surface area (Å²) in [5, 5.41) is 22.2. The number of nitrogens with one attached hydrogen (secondary N) is 1. The molecule has 0 radical (unpaired) electrons. The summed E-state index contributed by atoms with van der Waals surface area (Å²) in [6.07, 6.45) is 0. The molecule has 25 heavy (non-hydrogen) atoms. The molecule has 1 heterocycles. The molecule has 0 aliphatic rings. The van der Waals surface area contributed by atoms with Crippen LogP contribution in [-0.4, -0.2) is 15.1 Å². The molecule has 0 unspecified atom stereocenters. The molecule has 2 aromatic carbocycles. The molecule has 0 fully saturated rings. The molecule has 7 heteroatoms. The first kappa shape index (κ1) is 16.8. The van der Waals surface area contributed by atoms with Crippen LogP contribution in [0.3, 0.4) is 0 Å². The van der Waals surface area contributed by atoms with Gasteiger partial charge in [0.15, 0.2) is 0 Å². The first-order valence-electron chi connectivity index (χ1n) is 7.94. The predicted octanol–water partition coefficient (Wildman–Crippen LogP) is 4.06. The topological polar surface area (TPSA) is 94.1 Å². The Kier molecular flexibility index (Phi) is 4.85. The monoisotopic (exact) mass is 338 g/mol. The Morgan fingerprint density at radius 2 is 1.68 bits per heavy atom. The van der Waals surface area contributed by atoms with Gasteiger partial charge in [-0.1, -0.05) is 30.3 Å². The molecule has 128 valence electrons. The van der Waals surface area contributed by atoms with Gasteiger partial charge in [-0.05, 0) is 31.5 Å². The lowest BCUT2D eigenvalue weighted by Gasteiger charge is -2.17. The van der Waals surface area contributed by atoms with E-state index in [-0.39, 0.29) is 17.8 Å². The van der Waals surface area contributed by atoms with Gasteiger partial charge in [-0.3, -0.25) is 15.4 Å². The number of aromatic nitrogens is 2. The molecule has 0 saturated heterocycles. The third-order valence-electron chi connectivity index (χ3n) is 3.94. The van der Waals surface area contributed by atoms with E-state index in [0.717, 1.165) is 0 Å². The molecule has 0 bridgehead atoms. The first-order valence-corrected chi connectivity index (χ1v) is 7.94. The zero-order chi connectivity index (χ0) is 17.8. The molecule has 7 nitrogen and oxygen atoms in total. The van der Waals surface area contributed by atoms with Gasteiger partial charge >= 0.3 is 0 Å². The van der Waals surface area contributed by atoms with E-state index in [4.69, 9.17) is 4.42 Å². The van der Waals surface area contributed by atoms with Gasteiger partial charge in [0.25, 0.3) is 5.69 Å². The third-order valence-corrected chi connectivity index (χ3v) is 3.94. The van der Waals surface area contributed by atoms with Crippen LogP contribution in [0.15, 0.2) is 59.0 Å². The minimum absolute atomic E-state index is 0.0233. The van der Waals surface area contributed by atoms with Gasteiger partial charge in [-0.25, -0.2) is 0 Å². The van der Waals surface area contributed by atoms with Crippen LogP contribution in [0.4, 0.5) is 5.69 Å². The highest BCUT2D eigenvalue weighted by molar-refractivity contribution is 5.55. The predicted molar refractivity (Wildman–Crippen MR) is 92.8 cm³/mol. The van der Waals surface area contributed by atoms with Gasteiger partial charge in [0, 0.05) is 23.7 Å². The Labute approximate surface area is 144 Å². The zero-order valence-electron chi connectivity index (χ0n) is 13.9. The Bertz CT molecular complexity index is 846. The second-order valence-electron chi connectivity index (χ2n) is 5.77. The number of rotatable bonds is 6. The summed E-state index contributed by atoms with van der Waals surface area (Å²) in [5.41, 5.74) is 1.84. The molecule has 0 amide bonds. The molecule has 3 aromatic rings. The first-order chi connectivity index (χ1) is 12.0. The van der Waals surface area contributed by atoms with Crippen LogP contribution in [0.25, 0.3) is 11.5 Å². The summed E-state index contributed by atoms with van der Waals surface area (Å²) in [4.78, 5) is 10.3. The lowest BCUT2D eigenvalue weighted by molar-refractivity contribution is -0.384. The average molecular weight is 338 g/mol. The Balaban J connectivity index is 1.71. The van der Waals surface area contributed by atoms with E-state index in [2.05, 4.69) is 34.6 Å². The van der Waals surface area contributed by atoms with Crippen molar-refractivity contribution >= 4 is 5.69 Å². The maximum Gasteiger partial charge on any atom is 0.269 e. The van der Waals surface area contributed by atoms with Crippen molar-refractivity contribution < 1.29 is 9.34 Å². The van der Waals surface area contributed by atoms with Crippen LogP contribution in [0.5, 0.6) is 0 Å². The number of non-ortho nitro benzene ring substituents is 1. The van der Waals surface area contributed by atoms with Gasteiger partial charge in [-0.2, -0.15) is 0 Å². The quantitative estimate of drug-likeness (QED) is 0.538. The molecule has 0 spiro atoms. The summed E-state index contributed by atoms with van der Waals surface area (Å²) in [5.74, 6) is 0.807. The number of nitro benzene ring substituents is 1. The SMILES string of the molecule is C[C@H](N[C@@H](C)c1nnc(-c2ccc([N+](=O)[O-])cc2)o1)c1ccccc1. The fourth-order valence-electron chi connectivity index (χ4n) is 2.54. The number of nitro groups is 1. The lowest BCUT2D eigenvalue weighted by atomic mass is 10.1. The van der Waals surface area contributed by atoms with Crippen molar-refractivity contribution in [2.75, 3.05) is 0 Å². The van der Waals surface area contributed by atoms with E-state index in [1.165, 1.54) is 17.7 Å². The van der Waals surface area contributed by atoms with E-state index in [9.17, 15) is 10.1 Å². The minimum Gasteiger partial charge on any atom is -0.419 e. The average Bonchev–Trinajstić information content (AvgIpc) is 3.13. The second kappa shape index (κ2) is 7.23. The van der Waals surface area contributed by atoms with Crippen molar-refractivity contribution in [1.82, 2.24) is 15.5 Å². The maximum absolute atomic E-state index is 10.7. The largest absolute Gasteiger partial charge is 0.419 e. The fraction of sp³-hybridized carbons (Fsp3) is 0.222. The van der Waals surface area contributed by atoms with Crippen molar-refractivity contribution in [3.8, 4) is 11.5 Å². The van der Waals surface area contributed by atoms with Crippen LogP contribution in [-0.2, 0) is 0 Å². The standard InChI is InChI=1S/C18H18N4O3/c1-12(14-6-4-3-5-7-14)19-13(2)17-20-21-18(25-17)15-8-10-16(11-9-15)22(23)24/h3-13,19H,1-2H3/t12-,13-/m0/s1. The van der Waals surface area contributed by atoms with Crippen molar-refractivity contribution in [3.63, 3.8) is 0 Å². The summed E-state index contributed by atoms with van der Waals surface area (Å²) in [6, 6.07) is 16.1. The summed E-state index contributed by atoms with van der Waals surface area (Å²) >= 11 is 0. The maximum atomic E-state index is 10.7. The van der Waals surface area contributed by atoms with Crippen molar-refractivity contribution in [1.29, 1.82) is 0 Å². The van der Waals surface area contributed by atoms with Crippen LogP contribution >= 0.6 is 0 Å².